The van der Waals surface area contributed by atoms with E-state index in [2.05, 4.69) is 25.0 Å². The highest BCUT2D eigenvalue weighted by atomic mass is 16.1. The standard InChI is InChI=1S/C25H32N2O2/c1-15-17(14-27(4)26-15)11-16-12-22-20-6-5-18-13-19(28)7-9-24(18,2)21(20)8-10-25(22,3)23(16)29/h11,13-14,20-22H,5-10,12H2,1-4H3. The van der Waals surface area contributed by atoms with Gasteiger partial charge < -0.3 is 0 Å². The molecule has 3 saturated carbocycles. The fourth-order valence-corrected chi connectivity index (χ4v) is 7.31. The maximum Gasteiger partial charge on any atom is 0.165 e. The largest absolute Gasteiger partial charge is 0.295 e. The second-order valence-corrected chi connectivity index (χ2v) is 10.5. The van der Waals surface area contributed by atoms with Gasteiger partial charge in [0.2, 0.25) is 0 Å². The van der Waals surface area contributed by atoms with Crippen LogP contribution in [0.5, 0.6) is 0 Å². The van der Waals surface area contributed by atoms with E-state index in [9.17, 15) is 9.59 Å². The van der Waals surface area contributed by atoms with Crippen molar-refractivity contribution in [3.63, 3.8) is 0 Å². The van der Waals surface area contributed by atoms with E-state index in [1.54, 1.807) is 0 Å². The molecule has 0 bridgehead atoms. The first-order chi connectivity index (χ1) is 13.7. The van der Waals surface area contributed by atoms with Crippen LogP contribution in [0.15, 0.2) is 23.4 Å². The molecule has 4 aliphatic carbocycles. The summed E-state index contributed by atoms with van der Waals surface area (Å²) in [7, 11) is 1.93. The Bertz CT molecular complexity index is 967. The molecule has 0 spiro atoms. The van der Waals surface area contributed by atoms with E-state index in [0.717, 1.165) is 55.4 Å². The molecule has 0 amide bonds. The zero-order chi connectivity index (χ0) is 20.6. The van der Waals surface area contributed by atoms with Crippen LogP contribution in [0.4, 0.5) is 0 Å². The molecule has 5 unspecified atom stereocenters. The molecule has 4 aliphatic rings. The van der Waals surface area contributed by atoms with E-state index >= 15 is 0 Å². The third-order valence-electron chi connectivity index (χ3n) is 8.98. The average Bonchev–Trinajstić information content (AvgIpc) is 3.12. The lowest BCUT2D eigenvalue weighted by Crippen LogP contribution is -2.50. The first-order valence-electron chi connectivity index (χ1n) is 11.2. The summed E-state index contributed by atoms with van der Waals surface area (Å²) in [6, 6.07) is 0. The third kappa shape index (κ3) is 2.67. The number of carbonyl (C=O) groups excluding carboxylic acids is 2. The molecular formula is C25H32N2O2. The molecule has 29 heavy (non-hydrogen) atoms. The predicted octanol–water partition coefficient (Wildman–Crippen LogP) is 4.82. The van der Waals surface area contributed by atoms with Gasteiger partial charge in [0.25, 0.3) is 0 Å². The molecule has 5 atom stereocenters. The van der Waals surface area contributed by atoms with Crippen molar-refractivity contribution in [2.24, 2.45) is 35.6 Å². The lowest BCUT2D eigenvalue weighted by Gasteiger charge is -2.56. The molecule has 1 heterocycles. The molecule has 0 aromatic carbocycles. The van der Waals surface area contributed by atoms with Gasteiger partial charge in [0.15, 0.2) is 11.6 Å². The van der Waals surface area contributed by atoms with Crippen LogP contribution in [0, 0.1) is 35.5 Å². The summed E-state index contributed by atoms with van der Waals surface area (Å²) in [6.45, 7) is 6.64. The number of carbonyl (C=O) groups is 2. The minimum atomic E-state index is -0.217. The van der Waals surface area contributed by atoms with Crippen molar-refractivity contribution in [2.75, 3.05) is 0 Å². The van der Waals surface area contributed by atoms with Crippen molar-refractivity contribution < 1.29 is 9.59 Å². The van der Waals surface area contributed by atoms with E-state index in [-0.39, 0.29) is 10.8 Å². The van der Waals surface area contributed by atoms with Crippen LogP contribution < -0.4 is 0 Å². The zero-order valence-corrected chi connectivity index (χ0v) is 18.1. The van der Waals surface area contributed by atoms with E-state index in [1.165, 1.54) is 5.57 Å². The maximum atomic E-state index is 13.5. The van der Waals surface area contributed by atoms with E-state index in [4.69, 9.17) is 0 Å². The molecule has 0 N–H and O–H groups in total. The summed E-state index contributed by atoms with van der Waals surface area (Å²) in [5.41, 5.74) is 4.39. The van der Waals surface area contributed by atoms with Crippen LogP contribution in [0.25, 0.3) is 6.08 Å². The Morgan fingerprint density at radius 1 is 1.10 bits per heavy atom. The summed E-state index contributed by atoms with van der Waals surface area (Å²) in [4.78, 5) is 25.5. The van der Waals surface area contributed by atoms with Crippen molar-refractivity contribution in [3.8, 4) is 0 Å². The van der Waals surface area contributed by atoms with Gasteiger partial charge in [-0.2, -0.15) is 5.10 Å². The first-order valence-corrected chi connectivity index (χ1v) is 11.2. The summed E-state index contributed by atoms with van der Waals surface area (Å²) in [6.07, 6.45) is 12.9. The minimum Gasteiger partial charge on any atom is -0.295 e. The number of aromatic nitrogens is 2. The van der Waals surface area contributed by atoms with Crippen molar-refractivity contribution in [1.29, 1.82) is 0 Å². The van der Waals surface area contributed by atoms with E-state index < -0.39 is 0 Å². The van der Waals surface area contributed by atoms with Gasteiger partial charge >= 0.3 is 0 Å². The topological polar surface area (TPSA) is 52.0 Å². The van der Waals surface area contributed by atoms with Gasteiger partial charge in [-0.1, -0.05) is 19.4 Å². The number of nitrogens with zero attached hydrogens (tertiary/aromatic N) is 2. The maximum absolute atomic E-state index is 13.5. The third-order valence-corrected chi connectivity index (χ3v) is 8.98. The molecule has 154 valence electrons. The number of fused-ring (bicyclic) bond motifs is 5. The highest BCUT2D eigenvalue weighted by Gasteiger charge is 2.60. The van der Waals surface area contributed by atoms with Gasteiger partial charge in [-0.15, -0.1) is 0 Å². The molecule has 0 saturated heterocycles. The smallest absolute Gasteiger partial charge is 0.165 e. The van der Waals surface area contributed by atoms with Crippen LogP contribution in [-0.4, -0.2) is 21.3 Å². The molecular weight excluding hydrogens is 360 g/mol. The lowest BCUT2D eigenvalue weighted by molar-refractivity contribution is -0.130. The van der Waals surface area contributed by atoms with Crippen molar-refractivity contribution >= 4 is 17.6 Å². The number of rotatable bonds is 1. The van der Waals surface area contributed by atoms with Crippen LogP contribution >= 0.6 is 0 Å². The normalized spacial score (nSPS) is 40.5. The van der Waals surface area contributed by atoms with Crippen LogP contribution in [0.2, 0.25) is 0 Å². The molecule has 1 aromatic rings. The Morgan fingerprint density at radius 3 is 2.62 bits per heavy atom. The molecule has 4 heteroatoms. The Labute approximate surface area is 173 Å². The summed E-state index contributed by atoms with van der Waals surface area (Å²) < 4.78 is 1.83. The average molecular weight is 393 g/mol. The summed E-state index contributed by atoms with van der Waals surface area (Å²) in [5, 5.41) is 4.44. The van der Waals surface area contributed by atoms with Gasteiger partial charge in [-0.25, -0.2) is 0 Å². The fourth-order valence-electron chi connectivity index (χ4n) is 7.31. The number of aryl methyl sites for hydroxylation is 2. The predicted molar refractivity (Wildman–Crippen MR) is 113 cm³/mol. The molecule has 5 rings (SSSR count). The lowest BCUT2D eigenvalue weighted by atomic mass is 9.47. The van der Waals surface area contributed by atoms with Crippen LogP contribution in [0.3, 0.4) is 0 Å². The number of ketones is 2. The summed E-state index contributed by atoms with van der Waals surface area (Å²) in [5.74, 6) is 2.32. The fraction of sp³-hybridized carbons (Fsp3) is 0.640. The number of hydrogen-bond acceptors (Lipinski definition) is 3. The van der Waals surface area contributed by atoms with Crippen LogP contribution in [0.1, 0.15) is 70.1 Å². The Balaban J connectivity index is 1.49. The van der Waals surface area contributed by atoms with Gasteiger partial charge in [-0.05, 0) is 86.3 Å². The van der Waals surface area contributed by atoms with Crippen LogP contribution in [-0.2, 0) is 16.6 Å². The second-order valence-electron chi connectivity index (χ2n) is 10.5. The number of hydrogen-bond donors (Lipinski definition) is 0. The van der Waals surface area contributed by atoms with Gasteiger partial charge in [-0.3, -0.25) is 14.3 Å². The minimum absolute atomic E-state index is 0.160. The second kappa shape index (κ2) is 6.26. The first kappa shape index (κ1) is 19.0. The van der Waals surface area contributed by atoms with Crippen molar-refractivity contribution in [1.82, 2.24) is 9.78 Å². The number of allylic oxidation sites excluding steroid dienone is 2. The number of Topliss-reactive ketones (excluding diaryl/α,β-unsaturated/α-hetero) is 1. The Kier molecular flexibility index (Phi) is 4.11. The molecule has 0 radical (unpaired) electrons. The molecule has 3 fully saturated rings. The monoisotopic (exact) mass is 392 g/mol. The molecule has 4 nitrogen and oxygen atoms in total. The van der Waals surface area contributed by atoms with E-state index in [0.29, 0.717) is 35.7 Å². The van der Waals surface area contributed by atoms with Gasteiger partial charge in [0.05, 0.1) is 5.69 Å². The molecule has 1 aromatic heterocycles. The Hall–Kier alpha value is -1.97. The Morgan fingerprint density at radius 2 is 1.90 bits per heavy atom. The van der Waals surface area contributed by atoms with Crippen molar-refractivity contribution in [3.05, 3.63) is 34.7 Å². The van der Waals surface area contributed by atoms with Crippen molar-refractivity contribution in [2.45, 2.75) is 65.7 Å². The highest BCUT2D eigenvalue weighted by molar-refractivity contribution is 6.06. The van der Waals surface area contributed by atoms with Gasteiger partial charge in [0, 0.05) is 30.6 Å². The van der Waals surface area contributed by atoms with Gasteiger partial charge in [0.1, 0.15) is 0 Å². The SMILES string of the molecule is Cc1nn(C)cc1C=C1CC2C3CCC4=CC(=O)CCC4(C)C3CCC2(C)C1=O. The van der Waals surface area contributed by atoms with E-state index in [1.807, 2.05) is 30.9 Å². The highest BCUT2D eigenvalue weighted by Crippen LogP contribution is 2.65. The summed E-state index contributed by atoms with van der Waals surface area (Å²) >= 11 is 0. The quantitative estimate of drug-likeness (QED) is 0.644. The zero-order valence-electron chi connectivity index (χ0n) is 18.1. The molecule has 0 aliphatic heterocycles.